The van der Waals surface area contributed by atoms with Crippen LogP contribution in [0.2, 0.25) is 4.34 Å². The average Bonchev–Trinajstić information content (AvgIpc) is 2.88. The Bertz CT molecular complexity index is 374. The molecule has 0 bridgehead atoms. The molecule has 2 heterocycles. The highest BCUT2D eigenvalue weighted by molar-refractivity contribution is 7.16. The van der Waals surface area contributed by atoms with E-state index in [2.05, 4.69) is 32.2 Å². The Kier molecular flexibility index (Phi) is 5.07. The van der Waals surface area contributed by atoms with Gasteiger partial charge in [-0.05, 0) is 44.9 Å². The molecule has 4 heteroatoms. The van der Waals surface area contributed by atoms with E-state index in [4.69, 9.17) is 16.3 Å². The fraction of sp³-hybridized carbons (Fsp3) is 0.714. The number of aryl methyl sites for hydroxylation is 1. The first-order valence-corrected chi connectivity index (χ1v) is 7.92. The van der Waals surface area contributed by atoms with Crippen molar-refractivity contribution in [2.45, 2.75) is 45.8 Å². The average molecular weight is 288 g/mol. The van der Waals surface area contributed by atoms with Crippen LogP contribution in [0.3, 0.4) is 0 Å². The smallest absolute Gasteiger partial charge is 0.0960 e. The van der Waals surface area contributed by atoms with Gasteiger partial charge in [0.25, 0.3) is 0 Å². The van der Waals surface area contributed by atoms with Crippen LogP contribution in [-0.2, 0) is 4.74 Å². The normalized spacial score (nSPS) is 25.6. The van der Waals surface area contributed by atoms with Crippen molar-refractivity contribution in [3.8, 4) is 0 Å². The van der Waals surface area contributed by atoms with E-state index in [1.165, 1.54) is 10.4 Å². The molecule has 102 valence electrons. The molecule has 18 heavy (non-hydrogen) atoms. The summed E-state index contributed by atoms with van der Waals surface area (Å²) in [6, 6.07) is 2.62. The van der Waals surface area contributed by atoms with Crippen LogP contribution in [-0.4, -0.2) is 19.3 Å². The molecular formula is C14H22ClNOS. The van der Waals surface area contributed by atoms with Crippen molar-refractivity contribution < 1.29 is 4.74 Å². The third kappa shape index (κ3) is 3.27. The molecule has 1 aliphatic rings. The molecule has 0 spiro atoms. The standard InChI is InChI=1S/C14H22ClNOS/c1-4-5-16-13(11-7-10(3)17-8-11)12-6-9(2)14(15)18-12/h6,10-11,13,16H,4-5,7-8H2,1-3H3. The second-order valence-electron chi connectivity index (χ2n) is 5.18. The molecular weight excluding hydrogens is 266 g/mol. The van der Waals surface area contributed by atoms with Crippen molar-refractivity contribution in [2.24, 2.45) is 5.92 Å². The molecule has 2 rings (SSSR count). The molecule has 1 saturated heterocycles. The Morgan fingerprint density at radius 2 is 2.39 bits per heavy atom. The van der Waals surface area contributed by atoms with Crippen molar-refractivity contribution in [2.75, 3.05) is 13.2 Å². The van der Waals surface area contributed by atoms with Gasteiger partial charge in [-0.1, -0.05) is 18.5 Å². The summed E-state index contributed by atoms with van der Waals surface area (Å²) < 4.78 is 6.63. The zero-order valence-corrected chi connectivity index (χ0v) is 12.9. The maximum Gasteiger partial charge on any atom is 0.0960 e. The second kappa shape index (κ2) is 6.38. The van der Waals surface area contributed by atoms with Crippen LogP contribution in [0.1, 0.15) is 43.2 Å². The quantitative estimate of drug-likeness (QED) is 0.877. The third-order valence-electron chi connectivity index (χ3n) is 3.50. The van der Waals surface area contributed by atoms with Crippen LogP contribution in [0.4, 0.5) is 0 Å². The first kappa shape index (κ1) is 14.3. The highest BCUT2D eigenvalue weighted by Gasteiger charge is 2.31. The van der Waals surface area contributed by atoms with Crippen molar-refractivity contribution >= 4 is 22.9 Å². The van der Waals surface area contributed by atoms with Crippen LogP contribution >= 0.6 is 22.9 Å². The van der Waals surface area contributed by atoms with Crippen molar-refractivity contribution in [1.82, 2.24) is 5.32 Å². The molecule has 0 amide bonds. The van der Waals surface area contributed by atoms with Crippen LogP contribution in [0.25, 0.3) is 0 Å². The SMILES string of the molecule is CCCNC(c1cc(C)c(Cl)s1)C1COC(C)C1. The van der Waals surface area contributed by atoms with Crippen molar-refractivity contribution in [1.29, 1.82) is 0 Å². The third-order valence-corrected chi connectivity index (χ3v) is 5.14. The molecule has 1 N–H and O–H groups in total. The number of thiophene rings is 1. The number of rotatable bonds is 5. The van der Waals surface area contributed by atoms with Crippen LogP contribution in [0.15, 0.2) is 6.07 Å². The van der Waals surface area contributed by atoms with Gasteiger partial charge in [0.15, 0.2) is 0 Å². The minimum absolute atomic E-state index is 0.387. The lowest BCUT2D eigenvalue weighted by Crippen LogP contribution is -2.28. The van der Waals surface area contributed by atoms with Gasteiger partial charge in [0.2, 0.25) is 0 Å². The van der Waals surface area contributed by atoms with Gasteiger partial charge in [0.1, 0.15) is 0 Å². The van der Waals surface area contributed by atoms with E-state index >= 15 is 0 Å². The van der Waals surface area contributed by atoms with Gasteiger partial charge in [-0.25, -0.2) is 0 Å². The molecule has 2 nitrogen and oxygen atoms in total. The predicted octanol–water partition coefficient (Wildman–Crippen LogP) is 4.18. The van der Waals surface area contributed by atoms with Crippen molar-refractivity contribution in [3.05, 3.63) is 20.8 Å². The lowest BCUT2D eigenvalue weighted by atomic mass is 9.95. The minimum Gasteiger partial charge on any atom is -0.378 e. The summed E-state index contributed by atoms with van der Waals surface area (Å²) in [7, 11) is 0. The fourth-order valence-electron chi connectivity index (χ4n) is 2.52. The van der Waals surface area contributed by atoms with E-state index in [1.807, 2.05) is 0 Å². The van der Waals surface area contributed by atoms with E-state index in [0.717, 1.165) is 30.3 Å². The monoisotopic (exact) mass is 287 g/mol. The van der Waals surface area contributed by atoms with E-state index < -0.39 is 0 Å². The first-order valence-electron chi connectivity index (χ1n) is 6.72. The molecule has 1 aliphatic heterocycles. The number of nitrogens with one attached hydrogen (secondary N) is 1. The molecule has 0 saturated carbocycles. The van der Waals surface area contributed by atoms with E-state index in [-0.39, 0.29) is 0 Å². The van der Waals surface area contributed by atoms with Crippen LogP contribution in [0, 0.1) is 12.8 Å². The zero-order valence-electron chi connectivity index (χ0n) is 11.3. The maximum absolute atomic E-state index is 6.20. The molecule has 3 unspecified atom stereocenters. The van der Waals surface area contributed by atoms with E-state index in [1.54, 1.807) is 11.3 Å². The zero-order chi connectivity index (χ0) is 13.1. The summed E-state index contributed by atoms with van der Waals surface area (Å²) in [6.07, 6.45) is 2.67. The highest BCUT2D eigenvalue weighted by atomic mass is 35.5. The number of ether oxygens (including phenoxy) is 1. The lowest BCUT2D eigenvalue weighted by molar-refractivity contribution is 0.117. The fourth-order valence-corrected chi connectivity index (χ4v) is 3.91. The molecule has 3 atom stereocenters. The summed E-state index contributed by atoms with van der Waals surface area (Å²) in [4.78, 5) is 1.36. The maximum atomic E-state index is 6.20. The highest BCUT2D eigenvalue weighted by Crippen LogP contribution is 2.38. The predicted molar refractivity (Wildman–Crippen MR) is 78.6 cm³/mol. The summed E-state index contributed by atoms with van der Waals surface area (Å²) in [5, 5.41) is 3.66. The Hall–Kier alpha value is -0.0900. The summed E-state index contributed by atoms with van der Waals surface area (Å²) in [6.45, 7) is 8.34. The molecule has 1 aromatic heterocycles. The van der Waals surface area contributed by atoms with Gasteiger partial charge >= 0.3 is 0 Å². The van der Waals surface area contributed by atoms with Gasteiger partial charge in [-0.2, -0.15) is 0 Å². The number of hydrogen-bond acceptors (Lipinski definition) is 3. The lowest BCUT2D eigenvalue weighted by Gasteiger charge is -2.22. The second-order valence-corrected chi connectivity index (χ2v) is 6.86. The Labute approximate surface area is 119 Å². The largest absolute Gasteiger partial charge is 0.378 e. The minimum atomic E-state index is 0.387. The topological polar surface area (TPSA) is 21.3 Å². The summed E-state index contributed by atoms with van der Waals surface area (Å²) in [5.41, 5.74) is 1.19. The number of hydrogen-bond donors (Lipinski definition) is 1. The van der Waals surface area contributed by atoms with Gasteiger partial charge in [0, 0.05) is 16.8 Å². The van der Waals surface area contributed by atoms with Crippen LogP contribution < -0.4 is 5.32 Å². The van der Waals surface area contributed by atoms with Gasteiger partial charge in [-0.3, -0.25) is 0 Å². The molecule has 0 aliphatic carbocycles. The van der Waals surface area contributed by atoms with Gasteiger partial charge in [0.05, 0.1) is 17.0 Å². The molecule has 1 aromatic rings. The Morgan fingerprint density at radius 1 is 1.61 bits per heavy atom. The van der Waals surface area contributed by atoms with Gasteiger partial charge < -0.3 is 10.1 Å². The first-order chi connectivity index (χ1) is 8.61. The molecule has 0 radical (unpaired) electrons. The Morgan fingerprint density at radius 3 is 2.89 bits per heavy atom. The summed E-state index contributed by atoms with van der Waals surface area (Å²) >= 11 is 7.91. The molecule has 1 fully saturated rings. The van der Waals surface area contributed by atoms with E-state index in [9.17, 15) is 0 Å². The summed E-state index contributed by atoms with van der Waals surface area (Å²) in [5.74, 6) is 0.570. The van der Waals surface area contributed by atoms with Crippen molar-refractivity contribution in [3.63, 3.8) is 0 Å². The van der Waals surface area contributed by atoms with Gasteiger partial charge in [-0.15, -0.1) is 11.3 Å². The molecule has 0 aromatic carbocycles. The van der Waals surface area contributed by atoms with E-state index in [0.29, 0.717) is 18.1 Å². The Balaban J connectivity index is 2.13. The van der Waals surface area contributed by atoms with Crippen LogP contribution in [0.5, 0.6) is 0 Å². The number of halogens is 1.